The Morgan fingerprint density at radius 1 is 1.00 bits per heavy atom. The smallest absolute Gasteiger partial charge is 0.318 e. The standard InChI is InChI=1S/C22H23ClN8O2/c1-3-30-13-15(11-27-30)14-9-25-22(26-10-14)29-6-4-17(5-7-29)31-19-18(8-16(23)12-24-19)28(2)20(32)21(31)33/h8-13,17H,3-7H2,1-2H3. The Kier molecular flexibility index (Phi) is 5.45. The lowest BCUT2D eigenvalue weighted by Crippen LogP contribution is -2.45. The van der Waals surface area contributed by atoms with Gasteiger partial charge in [0.2, 0.25) is 5.95 Å². The van der Waals surface area contributed by atoms with E-state index in [0.717, 1.165) is 17.7 Å². The monoisotopic (exact) mass is 466 g/mol. The second kappa shape index (κ2) is 8.43. The lowest BCUT2D eigenvalue weighted by Gasteiger charge is -2.33. The van der Waals surface area contributed by atoms with Crippen molar-refractivity contribution in [1.82, 2.24) is 33.9 Å². The Morgan fingerprint density at radius 3 is 2.39 bits per heavy atom. The SMILES string of the molecule is CCn1cc(-c2cnc(N3CCC(n4c(=O)c(=O)n(C)c5cc(Cl)cnc54)CC3)nc2)cn1. The lowest BCUT2D eigenvalue weighted by atomic mass is 10.0. The number of aromatic nitrogens is 7. The molecular formula is C22H23ClN8O2. The van der Waals surface area contributed by atoms with E-state index in [0.29, 0.717) is 48.1 Å². The van der Waals surface area contributed by atoms with E-state index < -0.39 is 11.1 Å². The highest BCUT2D eigenvalue weighted by Gasteiger charge is 2.26. The molecule has 0 amide bonds. The number of hydrogen-bond acceptors (Lipinski definition) is 7. The average molecular weight is 467 g/mol. The third-order valence-corrected chi connectivity index (χ3v) is 6.36. The summed E-state index contributed by atoms with van der Waals surface area (Å²) in [4.78, 5) is 40.9. The summed E-state index contributed by atoms with van der Waals surface area (Å²) in [5, 5.41) is 4.71. The zero-order chi connectivity index (χ0) is 23.1. The highest BCUT2D eigenvalue weighted by Crippen LogP contribution is 2.27. The van der Waals surface area contributed by atoms with Gasteiger partial charge in [0.05, 0.1) is 16.7 Å². The fourth-order valence-corrected chi connectivity index (χ4v) is 4.44. The van der Waals surface area contributed by atoms with Gasteiger partial charge in [0.15, 0.2) is 5.65 Å². The minimum Gasteiger partial charge on any atom is -0.341 e. The Labute approximate surface area is 194 Å². The molecule has 0 unspecified atom stereocenters. The maximum Gasteiger partial charge on any atom is 0.318 e. The van der Waals surface area contributed by atoms with Crippen LogP contribution in [0.4, 0.5) is 5.95 Å². The number of rotatable bonds is 4. The van der Waals surface area contributed by atoms with Gasteiger partial charge in [-0.3, -0.25) is 18.8 Å². The topological polar surface area (TPSA) is 104 Å². The number of fused-ring (bicyclic) bond motifs is 1. The molecule has 1 aliphatic rings. The molecular weight excluding hydrogens is 444 g/mol. The van der Waals surface area contributed by atoms with Crippen molar-refractivity contribution in [3.05, 3.63) is 62.8 Å². The minimum absolute atomic E-state index is 0.141. The van der Waals surface area contributed by atoms with Crippen LogP contribution in [-0.2, 0) is 13.6 Å². The van der Waals surface area contributed by atoms with Crippen molar-refractivity contribution in [1.29, 1.82) is 0 Å². The van der Waals surface area contributed by atoms with E-state index in [1.54, 1.807) is 31.7 Å². The van der Waals surface area contributed by atoms with Crippen molar-refractivity contribution in [2.75, 3.05) is 18.0 Å². The second-order valence-corrected chi connectivity index (χ2v) is 8.55. The third kappa shape index (κ3) is 3.80. The molecule has 0 saturated carbocycles. The highest BCUT2D eigenvalue weighted by atomic mass is 35.5. The van der Waals surface area contributed by atoms with Gasteiger partial charge in [0.25, 0.3) is 0 Å². The Morgan fingerprint density at radius 2 is 1.73 bits per heavy atom. The van der Waals surface area contributed by atoms with E-state index in [1.807, 2.05) is 17.8 Å². The molecule has 0 N–H and O–H groups in total. The van der Waals surface area contributed by atoms with Crippen molar-refractivity contribution in [3.63, 3.8) is 0 Å². The van der Waals surface area contributed by atoms with Crippen LogP contribution in [0, 0.1) is 0 Å². The van der Waals surface area contributed by atoms with Crippen LogP contribution in [0.25, 0.3) is 22.3 Å². The van der Waals surface area contributed by atoms with Crippen LogP contribution in [-0.4, -0.2) is 47.0 Å². The molecule has 1 aliphatic heterocycles. The summed E-state index contributed by atoms with van der Waals surface area (Å²) < 4.78 is 4.70. The molecule has 170 valence electrons. The summed E-state index contributed by atoms with van der Waals surface area (Å²) in [5.41, 5.74) is 1.76. The van der Waals surface area contributed by atoms with E-state index in [2.05, 4.69) is 25.0 Å². The molecule has 0 atom stereocenters. The van der Waals surface area contributed by atoms with Crippen molar-refractivity contribution in [2.24, 2.45) is 7.05 Å². The molecule has 1 saturated heterocycles. The van der Waals surface area contributed by atoms with Gasteiger partial charge in [0, 0.05) is 68.6 Å². The van der Waals surface area contributed by atoms with E-state index >= 15 is 0 Å². The van der Waals surface area contributed by atoms with Crippen LogP contribution in [0.15, 0.2) is 46.6 Å². The molecule has 4 aromatic heterocycles. The first kappa shape index (κ1) is 21.3. The summed E-state index contributed by atoms with van der Waals surface area (Å²) >= 11 is 6.08. The van der Waals surface area contributed by atoms with Crippen LogP contribution in [0.1, 0.15) is 25.8 Å². The van der Waals surface area contributed by atoms with Gasteiger partial charge in [-0.15, -0.1) is 0 Å². The summed E-state index contributed by atoms with van der Waals surface area (Å²) in [6.07, 6.45) is 10.2. The van der Waals surface area contributed by atoms with Crippen LogP contribution < -0.4 is 16.0 Å². The molecule has 33 heavy (non-hydrogen) atoms. The summed E-state index contributed by atoms with van der Waals surface area (Å²) in [6.45, 7) is 4.17. The third-order valence-electron chi connectivity index (χ3n) is 6.15. The number of piperidine rings is 1. The van der Waals surface area contributed by atoms with E-state index in [9.17, 15) is 9.59 Å². The number of pyridine rings is 1. The molecule has 11 heteroatoms. The fourth-order valence-electron chi connectivity index (χ4n) is 4.29. The molecule has 10 nitrogen and oxygen atoms in total. The molecule has 1 fully saturated rings. The predicted molar refractivity (Wildman–Crippen MR) is 126 cm³/mol. The average Bonchev–Trinajstić information content (AvgIpc) is 3.33. The van der Waals surface area contributed by atoms with Gasteiger partial charge in [-0.05, 0) is 25.8 Å². The van der Waals surface area contributed by atoms with Gasteiger partial charge in [-0.2, -0.15) is 5.10 Å². The predicted octanol–water partition coefficient (Wildman–Crippen LogP) is 2.26. The second-order valence-electron chi connectivity index (χ2n) is 8.11. The molecule has 0 spiro atoms. The first-order chi connectivity index (χ1) is 16.0. The molecule has 0 aromatic carbocycles. The quantitative estimate of drug-likeness (QED) is 0.425. The first-order valence-corrected chi connectivity index (χ1v) is 11.2. The summed E-state index contributed by atoms with van der Waals surface area (Å²) in [7, 11) is 1.56. The summed E-state index contributed by atoms with van der Waals surface area (Å²) in [6, 6.07) is 1.52. The number of halogens is 1. The zero-order valence-corrected chi connectivity index (χ0v) is 19.1. The maximum atomic E-state index is 12.8. The van der Waals surface area contributed by atoms with Gasteiger partial charge in [-0.25, -0.2) is 15.0 Å². The van der Waals surface area contributed by atoms with Crippen LogP contribution in [0.2, 0.25) is 5.02 Å². The number of nitrogens with zero attached hydrogens (tertiary/aromatic N) is 8. The largest absolute Gasteiger partial charge is 0.341 e. The lowest BCUT2D eigenvalue weighted by molar-refractivity contribution is 0.389. The fraction of sp³-hybridized carbons (Fsp3) is 0.364. The summed E-state index contributed by atoms with van der Waals surface area (Å²) in [5.74, 6) is 0.645. The van der Waals surface area contributed by atoms with Crippen LogP contribution >= 0.6 is 11.6 Å². The van der Waals surface area contributed by atoms with E-state index in [4.69, 9.17) is 11.6 Å². The Balaban J connectivity index is 1.37. The van der Waals surface area contributed by atoms with Gasteiger partial charge in [-0.1, -0.05) is 11.6 Å². The van der Waals surface area contributed by atoms with Crippen LogP contribution in [0.5, 0.6) is 0 Å². The normalized spacial score (nSPS) is 14.8. The minimum atomic E-state index is -0.584. The van der Waals surface area contributed by atoms with Crippen molar-refractivity contribution in [3.8, 4) is 11.1 Å². The van der Waals surface area contributed by atoms with E-state index in [1.165, 1.54) is 15.3 Å². The van der Waals surface area contributed by atoms with Crippen molar-refractivity contribution in [2.45, 2.75) is 32.4 Å². The zero-order valence-electron chi connectivity index (χ0n) is 18.3. The van der Waals surface area contributed by atoms with Crippen molar-refractivity contribution < 1.29 is 0 Å². The molecule has 5 heterocycles. The number of hydrogen-bond donors (Lipinski definition) is 0. The number of anilines is 1. The Hall–Kier alpha value is -3.53. The number of aryl methyl sites for hydroxylation is 2. The molecule has 0 aliphatic carbocycles. The Bertz CT molecular complexity index is 1430. The molecule has 5 rings (SSSR count). The highest BCUT2D eigenvalue weighted by molar-refractivity contribution is 6.31. The molecule has 4 aromatic rings. The van der Waals surface area contributed by atoms with Gasteiger partial charge in [0.1, 0.15) is 0 Å². The first-order valence-electron chi connectivity index (χ1n) is 10.8. The molecule has 0 radical (unpaired) electrons. The van der Waals surface area contributed by atoms with Crippen LogP contribution in [0.3, 0.4) is 0 Å². The maximum absolute atomic E-state index is 12.8. The van der Waals surface area contributed by atoms with Crippen molar-refractivity contribution >= 4 is 28.7 Å². The van der Waals surface area contributed by atoms with Gasteiger partial charge < -0.3 is 9.47 Å². The molecule has 0 bridgehead atoms. The van der Waals surface area contributed by atoms with Gasteiger partial charge >= 0.3 is 11.1 Å². The van der Waals surface area contributed by atoms with E-state index in [-0.39, 0.29) is 6.04 Å².